The van der Waals surface area contributed by atoms with Crippen LogP contribution in [0.3, 0.4) is 0 Å². The smallest absolute Gasteiger partial charge is 0.0924 e. The Hall–Kier alpha value is -1.81. The van der Waals surface area contributed by atoms with Crippen LogP contribution in [0.15, 0.2) is 36.8 Å². The third kappa shape index (κ3) is 3.45. The Morgan fingerprint density at radius 2 is 2.14 bits per heavy atom. The fourth-order valence-corrected chi connectivity index (χ4v) is 3.15. The van der Waals surface area contributed by atoms with Gasteiger partial charge in [0.05, 0.1) is 18.2 Å². The summed E-state index contributed by atoms with van der Waals surface area (Å²) < 4.78 is 0. The van der Waals surface area contributed by atoms with E-state index in [1.54, 1.807) is 6.33 Å². The Morgan fingerprint density at radius 3 is 2.81 bits per heavy atom. The molecule has 1 aliphatic heterocycles. The minimum Gasteiger partial charge on any atom is -0.382 e. The number of hydrogen-bond acceptors (Lipinski definition) is 3. The zero-order valence-electron chi connectivity index (χ0n) is 12.8. The highest BCUT2D eigenvalue weighted by Gasteiger charge is 2.22. The summed E-state index contributed by atoms with van der Waals surface area (Å²) in [6, 6.07) is 9.08. The Kier molecular flexibility index (Phi) is 4.25. The van der Waals surface area contributed by atoms with Gasteiger partial charge in [0.1, 0.15) is 0 Å². The second-order valence-electron chi connectivity index (χ2n) is 6.14. The van der Waals surface area contributed by atoms with Crippen molar-refractivity contribution in [1.82, 2.24) is 14.9 Å². The van der Waals surface area contributed by atoms with E-state index in [9.17, 15) is 0 Å². The van der Waals surface area contributed by atoms with Gasteiger partial charge in [-0.05, 0) is 57.0 Å². The largest absolute Gasteiger partial charge is 0.382 e. The molecule has 0 amide bonds. The van der Waals surface area contributed by atoms with Gasteiger partial charge in [-0.1, -0.05) is 12.1 Å². The van der Waals surface area contributed by atoms with Crippen LogP contribution in [-0.2, 0) is 0 Å². The lowest BCUT2D eigenvalue weighted by Crippen LogP contribution is -2.39. The first kappa shape index (κ1) is 14.1. The molecule has 1 aromatic heterocycles. The van der Waals surface area contributed by atoms with E-state index in [0.29, 0.717) is 6.04 Å². The molecule has 1 aliphatic rings. The molecule has 2 aromatic rings. The van der Waals surface area contributed by atoms with Crippen LogP contribution in [0.25, 0.3) is 11.3 Å². The van der Waals surface area contributed by atoms with Crippen LogP contribution < -0.4 is 5.32 Å². The molecule has 0 bridgehead atoms. The third-order valence-electron chi connectivity index (χ3n) is 4.46. The van der Waals surface area contributed by atoms with Gasteiger partial charge in [-0.3, -0.25) is 0 Å². The van der Waals surface area contributed by atoms with E-state index in [2.05, 4.69) is 58.4 Å². The first-order chi connectivity index (χ1) is 10.2. The number of piperidine rings is 1. The van der Waals surface area contributed by atoms with Crippen molar-refractivity contribution in [2.75, 3.05) is 25.5 Å². The fourth-order valence-electron chi connectivity index (χ4n) is 3.15. The predicted molar refractivity (Wildman–Crippen MR) is 87.3 cm³/mol. The number of benzene rings is 1. The maximum Gasteiger partial charge on any atom is 0.0924 e. The molecule has 1 fully saturated rings. The van der Waals surface area contributed by atoms with E-state index in [1.807, 2.05) is 6.20 Å². The molecule has 3 rings (SSSR count). The number of imidazole rings is 1. The molecule has 0 saturated carbocycles. The fraction of sp³-hybridized carbons (Fsp3) is 0.471. The zero-order valence-corrected chi connectivity index (χ0v) is 12.8. The van der Waals surface area contributed by atoms with Crippen molar-refractivity contribution in [2.24, 2.45) is 5.92 Å². The molecule has 1 aromatic carbocycles. The number of hydrogen-bond donors (Lipinski definition) is 2. The van der Waals surface area contributed by atoms with E-state index in [0.717, 1.165) is 11.6 Å². The number of likely N-dealkylation sites (tertiary alicyclic amines) is 1. The molecule has 4 nitrogen and oxygen atoms in total. The Labute approximate surface area is 126 Å². The van der Waals surface area contributed by atoms with Crippen molar-refractivity contribution in [1.29, 1.82) is 0 Å². The standard InChI is InChI=1S/C17H24N4/c1-13(15-4-3-9-21(2)11-15)20-16-7-5-14(6-8-16)17-10-18-12-19-17/h5-8,10,12-13,15,20H,3-4,9,11H2,1-2H3,(H,18,19). The number of nitrogens with one attached hydrogen (secondary N) is 2. The molecule has 1 saturated heterocycles. The molecule has 0 spiro atoms. The molecule has 4 heteroatoms. The summed E-state index contributed by atoms with van der Waals surface area (Å²) in [7, 11) is 2.22. The number of aromatic amines is 1. The zero-order chi connectivity index (χ0) is 14.7. The third-order valence-corrected chi connectivity index (χ3v) is 4.46. The van der Waals surface area contributed by atoms with Gasteiger partial charge in [0, 0.05) is 18.3 Å². The van der Waals surface area contributed by atoms with Crippen LogP contribution in [0.5, 0.6) is 0 Å². The minimum atomic E-state index is 0.505. The summed E-state index contributed by atoms with van der Waals surface area (Å²) in [6.07, 6.45) is 6.20. The molecule has 0 radical (unpaired) electrons. The second kappa shape index (κ2) is 6.31. The number of nitrogens with zero attached hydrogens (tertiary/aromatic N) is 2. The first-order valence-electron chi connectivity index (χ1n) is 7.76. The maximum atomic E-state index is 4.06. The molecule has 0 aliphatic carbocycles. The Balaban J connectivity index is 1.62. The summed E-state index contributed by atoms with van der Waals surface area (Å²) in [5.41, 5.74) is 3.42. The summed E-state index contributed by atoms with van der Waals surface area (Å²) in [5.74, 6) is 0.732. The van der Waals surface area contributed by atoms with E-state index in [4.69, 9.17) is 0 Å². The van der Waals surface area contributed by atoms with Crippen LogP contribution in [0, 0.1) is 5.92 Å². The van der Waals surface area contributed by atoms with Crippen molar-refractivity contribution in [3.05, 3.63) is 36.8 Å². The SMILES string of the molecule is CC(Nc1ccc(-c2cnc[nH]2)cc1)C1CCCN(C)C1. The van der Waals surface area contributed by atoms with Gasteiger partial charge in [0.15, 0.2) is 0 Å². The molecular weight excluding hydrogens is 260 g/mol. The van der Waals surface area contributed by atoms with Crippen LogP contribution >= 0.6 is 0 Å². The highest BCUT2D eigenvalue weighted by Crippen LogP contribution is 2.23. The van der Waals surface area contributed by atoms with Gasteiger partial charge in [0.2, 0.25) is 0 Å². The Morgan fingerprint density at radius 1 is 1.33 bits per heavy atom. The summed E-state index contributed by atoms with van der Waals surface area (Å²) >= 11 is 0. The lowest BCUT2D eigenvalue weighted by Gasteiger charge is -2.34. The topological polar surface area (TPSA) is 44.0 Å². The summed E-state index contributed by atoms with van der Waals surface area (Å²) in [5, 5.41) is 3.65. The van der Waals surface area contributed by atoms with E-state index >= 15 is 0 Å². The first-order valence-corrected chi connectivity index (χ1v) is 7.76. The molecular formula is C17H24N4. The second-order valence-corrected chi connectivity index (χ2v) is 6.14. The van der Waals surface area contributed by atoms with E-state index < -0.39 is 0 Å². The quantitative estimate of drug-likeness (QED) is 0.906. The lowest BCUT2D eigenvalue weighted by molar-refractivity contribution is 0.197. The summed E-state index contributed by atoms with van der Waals surface area (Å²) in [6.45, 7) is 4.73. The molecule has 2 heterocycles. The van der Waals surface area contributed by atoms with Crippen molar-refractivity contribution < 1.29 is 0 Å². The highest BCUT2D eigenvalue weighted by atomic mass is 15.1. The van der Waals surface area contributed by atoms with Gasteiger partial charge >= 0.3 is 0 Å². The molecule has 2 atom stereocenters. The monoisotopic (exact) mass is 284 g/mol. The average molecular weight is 284 g/mol. The number of anilines is 1. The van der Waals surface area contributed by atoms with Gasteiger partial charge in [-0.2, -0.15) is 0 Å². The molecule has 112 valence electrons. The van der Waals surface area contributed by atoms with Crippen LogP contribution in [-0.4, -0.2) is 41.0 Å². The van der Waals surface area contributed by atoms with Crippen molar-refractivity contribution in [2.45, 2.75) is 25.8 Å². The average Bonchev–Trinajstić information content (AvgIpc) is 3.02. The Bertz CT molecular complexity index is 547. The number of rotatable bonds is 4. The number of H-pyrrole nitrogens is 1. The molecule has 21 heavy (non-hydrogen) atoms. The molecule has 2 N–H and O–H groups in total. The summed E-state index contributed by atoms with van der Waals surface area (Å²) in [4.78, 5) is 9.63. The minimum absolute atomic E-state index is 0.505. The highest BCUT2D eigenvalue weighted by molar-refractivity contribution is 5.62. The lowest BCUT2D eigenvalue weighted by atomic mass is 9.91. The maximum absolute atomic E-state index is 4.06. The van der Waals surface area contributed by atoms with Gasteiger partial charge < -0.3 is 15.2 Å². The normalized spacial score (nSPS) is 21.1. The van der Waals surface area contributed by atoms with Crippen LogP contribution in [0.2, 0.25) is 0 Å². The van der Waals surface area contributed by atoms with Crippen molar-refractivity contribution >= 4 is 5.69 Å². The van der Waals surface area contributed by atoms with Gasteiger partial charge in [-0.25, -0.2) is 4.98 Å². The van der Waals surface area contributed by atoms with E-state index in [-0.39, 0.29) is 0 Å². The predicted octanol–water partition coefficient (Wildman–Crippen LogP) is 3.22. The van der Waals surface area contributed by atoms with Gasteiger partial charge in [0.25, 0.3) is 0 Å². The molecule has 2 unspecified atom stereocenters. The van der Waals surface area contributed by atoms with Crippen LogP contribution in [0.1, 0.15) is 19.8 Å². The van der Waals surface area contributed by atoms with Crippen LogP contribution in [0.4, 0.5) is 5.69 Å². The van der Waals surface area contributed by atoms with Gasteiger partial charge in [-0.15, -0.1) is 0 Å². The van der Waals surface area contributed by atoms with E-state index in [1.165, 1.54) is 37.2 Å². The van der Waals surface area contributed by atoms with Crippen molar-refractivity contribution in [3.8, 4) is 11.3 Å². The van der Waals surface area contributed by atoms with Crippen molar-refractivity contribution in [3.63, 3.8) is 0 Å². The number of aromatic nitrogens is 2.